The summed E-state index contributed by atoms with van der Waals surface area (Å²) in [6, 6.07) is 1.96. The lowest BCUT2D eigenvalue weighted by Crippen LogP contribution is -2.33. The number of nitrogens with one attached hydrogen (secondary N) is 3. The molecular weight excluding hydrogens is 296 g/mol. The van der Waals surface area contributed by atoms with E-state index < -0.39 is 0 Å². The molecule has 1 aromatic rings. The van der Waals surface area contributed by atoms with E-state index >= 15 is 0 Å². The van der Waals surface area contributed by atoms with Gasteiger partial charge in [0.1, 0.15) is 6.10 Å². The first-order chi connectivity index (χ1) is 11.0. The summed E-state index contributed by atoms with van der Waals surface area (Å²) in [6.45, 7) is 3.81. The highest BCUT2D eigenvalue weighted by Gasteiger charge is 2.32. The Morgan fingerprint density at radius 1 is 1.30 bits per heavy atom. The van der Waals surface area contributed by atoms with Gasteiger partial charge in [0, 0.05) is 29.6 Å². The SMILES string of the molecule is CC(C)NC(=O)OC1CCC(c2cc(NC(=O)C3CC3)n[nH]2)C1. The number of alkyl carbamates (subject to hydrolysis) is 1. The molecule has 0 radical (unpaired) electrons. The second-order valence-corrected chi connectivity index (χ2v) is 6.81. The predicted octanol–water partition coefficient (Wildman–Crippen LogP) is 2.53. The van der Waals surface area contributed by atoms with Gasteiger partial charge in [-0.15, -0.1) is 0 Å². The first kappa shape index (κ1) is 15.8. The smallest absolute Gasteiger partial charge is 0.407 e. The molecule has 0 saturated heterocycles. The number of H-pyrrole nitrogens is 1. The van der Waals surface area contributed by atoms with Gasteiger partial charge in [-0.25, -0.2) is 4.79 Å². The van der Waals surface area contributed by atoms with E-state index in [-0.39, 0.29) is 36.0 Å². The average Bonchev–Trinajstić information content (AvgIpc) is 3.06. The van der Waals surface area contributed by atoms with E-state index in [1.54, 1.807) is 0 Å². The van der Waals surface area contributed by atoms with Gasteiger partial charge in [-0.1, -0.05) is 0 Å². The molecular formula is C16H24N4O3. The maximum absolute atomic E-state index is 11.7. The van der Waals surface area contributed by atoms with Crippen LogP contribution in [0.5, 0.6) is 0 Å². The standard InChI is InChI=1S/C16H24N4O3/c1-9(2)17-16(22)23-12-6-5-11(7-12)13-8-14(20-19-13)18-15(21)10-3-4-10/h8-12H,3-7H2,1-2H3,(H,17,22)(H2,18,19,20,21). The van der Waals surface area contributed by atoms with Crippen LogP contribution in [-0.2, 0) is 9.53 Å². The van der Waals surface area contributed by atoms with E-state index in [4.69, 9.17) is 4.74 Å². The van der Waals surface area contributed by atoms with Crippen molar-refractivity contribution in [2.24, 2.45) is 5.92 Å². The van der Waals surface area contributed by atoms with Gasteiger partial charge < -0.3 is 15.4 Å². The first-order valence-corrected chi connectivity index (χ1v) is 8.34. The summed E-state index contributed by atoms with van der Waals surface area (Å²) in [4.78, 5) is 23.4. The number of aromatic amines is 1. The number of ether oxygens (including phenoxy) is 1. The fourth-order valence-corrected chi connectivity index (χ4v) is 2.93. The van der Waals surface area contributed by atoms with Crippen LogP contribution < -0.4 is 10.6 Å². The minimum Gasteiger partial charge on any atom is -0.446 e. The van der Waals surface area contributed by atoms with Crippen LogP contribution in [0.3, 0.4) is 0 Å². The first-order valence-electron chi connectivity index (χ1n) is 8.34. The van der Waals surface area contributed by atoms with E-state index in [0.717, 1.165) is 37.8 Å². The molecule has 2 unspecified atom stereocenters. The zero-order chi connectivity index (χ0) is 16.4. The molecule has 3 rings (SSSR count). The Hall–Kier alpha value is -2.05. The zero-order valence-corrected chi connectivity index (χ0v) is 13.6. The minimum atomic E-state index is -0.354. The maximum Gasteiger partial charge on any atom is 0.407 e. The van der Waals surface area contributed by atoms with Crippen LogP contribution in [0.25, 0.3) is 0 Å². The van der Waals surface area contributed by atoms with E-state index in [9.17, 15) is 9.59 Å². The summed E-state index contributed by atoms with van der Waals surface area (Å²) in [7, 11) is 0. The monoisotopic (exact) mass is 320 g/mol. The summed E-state index contributed by atoms with van der Waals surface area (Å²) in [5, 5.41) is 12.7. The third kappa shape index (κ3) is 4.24. The molecule has 0 bridgehead atoms. The summed E-state index contributed by atoms with van der Waals surface area (Å²) < 4.78 is 5.43. The van der Waals surface area contributed by atoms with Crippen LogP contribution in [0.15, 0.2) is 6.07 Å². The Morgan fingerprint density at radius 2 is 2.09 bits per heavy atom. The lowest BCUT2D eigenvalue weighted by Gasteiger charge is -2.14. The number of anilines is 1. The third-order valence-corrected chi connectivity index (χ3v) is 4.30. The number of aromatic nitrogens is 2. The minimum absolute atomic E-state index is 0.0565. The molecule has 2 saturated carbocycles. The predicted molar refractivity (Wildman–Crippen MR) is 85.1 cm³/mol. The lowest BCUT2D eigenvalue weighted by atomic mass is 10.0. The normalized spacial score (nSPS) is 23.8. The van der Waals surface area contributed by atoms with Gasteiger partial charge in [0.05, 0.1) is 0 Å². The second kappa shape index (κ2) is 6.60. The van der Waals surface area contributed by atoms with Crippen LogP contribution in [0.2, 0.25) is 0 Å². The van der Waals surface area contributed by atoms with Crippen molar-refractivity contribution in [2.75, 3.05) is 5.32 Å². The van der Waals surface area contributed by atoms with Crippen molar-refractivity contribution in [2.45, 2.75) is 64.0 Å². The van der Waals surface area contributed by atoms with Crippen LogP contribution >= 0.6 is 0 Å². The van der Waals surface area contributed by atoms with Crippen molar-refractivity contribution >= 4 is 17.8 Å². The molecule has 2 amide bonds. The van der Waals surface area contributed by atoms with Crippen LogP contribution in [0.1, 0.15) is 57.6 Å². The highest BCUT2D eigenvalue weighted by atomic mass is 16.6. The second-order valence-electron chi connectivity index (χ2n) is 6.81. The quantitative estimate of drug-likeness (QED) is 0.776. The van der Waals surface area contributed by atoms with E-state index in [0.29, 0.717) is 5.82 Å². The molecule has 2 aliphatic carbocycles. The van der Waals surface area contributed by atoms with Crippen LogP contribution in [-0.4, -0.2) is 34.3 Å². The van der Waals surface area contributed by atoms with Crippen LogP contribution in [0.4, 0.5) is 10.6 Å². The molecule has 2 aliphatic rings. The molecule has 2 fully saturated rings. The topological polar surface area (TPSA) is 96.1 Å². The molecule has 23 heavy (non-hydrogen) atoms. The highest BCUT2D eigenvalue weighted by Crippen LogP contribution is 2.36. The lowest BCUT2D eigenvalue weighted by molar-refractivity contribution is -0.117. The maximum atomic E-state index is 11.7. The Labute approximate surface area is 135 Å². The van der Waals surface area contributed by atoms with Gasteiger partial charge in [0.2, 0.25) is 5.91 Å². The van der Waals surface area contributed by atoms with Crippen molar-refractivity contribution < 1.29 is 14.3 Å². The average molecular weight is 320 g/mol. The number of rotatable bonds is 5. The number of hydrogen-bond acceptors (Lipinski definition) is 4. The summed E-state index contributed by atoms with van der Waals surface area (Å²) in [5.74, 6) is 1.09. The number of carbonyl (C=O) groups excluding carboxylic acids is 2. The third-order valence-electron chi connectivity index (χ3n) is 4.30. The number of hydrogen-bond donors (Lipinski definition) is 3. The van der Waals surface area contributed by atoms with E-state index in [2.05, 4.69) is 20.8 Å². The van der Waals surface area contributed by atoms with E-state index in [1.807, 2.05) is 19.9 Å². The molecule has 1 aromatic heterocycles. The summed E-state index contributed by atoms with van der Waals surface area (Å²) in [6.07, 6.45) is 4.10. The van der Waals surface area contributed by atoms with Gasteiger partial charge in [0.25, 0.3) is 0 Å². The summed E-state index contributed by atoms with van der Waals surface area (Å²) in [5.41, 5.74) is 0.992. The summed E-state index contributed by atoms with van der Waals surface area (Å²) >= 11 is 0. The molecule has 126 valence electrons. The van der Waals surface area contributed by atoms with Crippen molar-refractivity contribution in [1.29, 1.82) is 0 Å². The van der Waals surface area contributed by atoms with Crippen molar-refractivity contribution in [3.8, 4) is 0 Å². The Bertz CT molecular complexity index is 580. The van der Waals surface area contributed by atoms with Crippen molar-refractivity contribution in [3.63, 3.8) is 0 Å². The Kier molecular flexibility index (Phi) is 4.54. The molecule has 2 atom stereocenters. The molecule has 3 N–H and O–H groups in total. The molecule has 7 heteroatoms. The van der Waals surface area contributed by atoms with Gasteiger partial charge in [0.15, 0.2) is 5.82 Å². The number of amides is 2. The molecule has 7 nitrogen and oxygen atoms in total. The van der Waals surface area contributed by atoms with E-state index in [1.165, 1.54) is 0 Å². The van der Waals surface area contributed by atoms with Crippen molar-refractivity contribution in [3.05, 3.63) is 11.8 Å². The van der Waals surface area contributed by atoms with Crippen LogP contribution in [0, 0.1) is 5.92 Å². The highest BCUT2D eigenvalue weighted by molar-refractivity contribution is 5.93. The number of carbonyl (C=O) groups is 2. The fraction of sp³-hybridized carbons (Fsp3) is 0.688. The fourth-order valence-electron chi connectivity index (χ4n) is 2.93. The van der Waals surface area contributed by atoms with Gasteiger partial charge in [-0.3, -0.25) is 9.89 Å². The van der Waals surface area contributed by atoms with Gasteiger partial charge in [-0.05, 0) is 46.0 Å². The molecule has 0 spiro atoms. The van der Waals surface area contributed by atoms with Crippen molar-refractivity contribution in [1.82, 2.24) is 15.5 Å². The Morgan fingerprint density at radius 3 is 2.78 bits per heavy atom. The Balaban J connectivity index is 1.49. The molecule has 0 aliphatic heterocycles. The van der Waals surface area contributed by atoms with Gasteiger partial charge >= 0.3 is 6.09 Å². The number of nitrogens with zero attached hydrogens (tertiary/aromatic N) is 1. The largest absolute Gasteiger partial charge is 0.446 e. The zero-order valence-electron chi connectivity index (χ0n) is 13.6. The van der Waals surface area contributed by atoms with Gasteiger partial charge in [-0.2, -0.15) is 5.10 Å². The molecule has 0 aromatic carbocycles. The molecule has 1 heterocycles.